The number of anilines is 1. The number of piperidine rings is 1. The molecule has 0 bridgehead atoms. The van der Waals surface area contributed by atoms with Gasteiger partial charge in [-0.1, -0.05) is 22.8 Å². The van der Waals surface area contributed by atoms with E-state index in [-0.39, 0.29) is 17.6 Å². The van der Waals surface area contributed by atoms with Crippen molar-refractivity contribution < 1.29 is 13.7 Å². The van der Waals surface area contributed by atoms with Gasteiger partial charge in [-0.15, -0.1) is 0 Å². The molecule has 2 heterocycles. The molecule has 1 aromatic heterocycles. The van der Waals surface area contributed by atoms with Crippen molar-refractivity contribution in [1.82, 2.24) is 15.0 Å². The summed E-state index contributed by atoms with van der Waals surface area (Å²) in [7, 11) is 0. The van der Waals surface area contributed by atoms with Gasteiger partial charge in [-0.05, 0) is 68.3 Å². The lowest BCUT2D eigenvalue weighted by Crippen LogP contribution is -2.40. The molecule has 1 unspecified atom stereocenters. The van der Waals surface area contributed by atoms with E-state index in [1.54, 1.807) is 24.3 Å². The molecule has 0 aliphatic carbocycles. The van der Waals surface area contributed by atoms with Crippen LogP contribution >= 0.6 is 11.6 Å². The number of rotatable bonds is 5. The predicted molar refractivity (Wildman–Crippen MR) is 113 cm³/mol. The minimum absolute atomic E-state index is 0.0115. The predicted octanol–water partition coefficient (Wildman–Crippen LogP) is 4.69. The Labute approximate surface area is 179 Å². The molecule has 30 heavy (non-hydrogen) atoms. The largest absolute Gasteiger partial charge is 0.338 e. The van der Waals surface area contributed by atoms with Crippen LogP contribution in [0, 0.1) is 18.7 Å². The molecule has 1 saturated heterocycles. The molecule has 1 atom stereocenters. The van der Waals surface area contributed by atoms with Gasteiger partial charge in [-0.2, -0.15) is 4.98 Å². The number of halogens is 2. The van der Waals surface area contributed by atoms with Crippen molar-refractivity contribution in [3.63, 3.8) is 0 Å². The number of nitrogens with zero attached hydrogens (tertiary/aromatic N) is 3. The molecule has 0 saturated carbocycles. The lowest BCUT2D eigenvalue weighted by Gasteiger charge is -2.31. The van der Waals surface area contributed by atoms with E-state index in [1.807, 2.05) is 13.0 Å². The normalized spacial score (nSPS) is 17.1. The van der Waals surface area contributed by atoms with Crippen molar-refractivity contribution in [2.75, 3.05) is 18.4 Å². The van der Waals surface area contributed by atoms with Gasteiger partial charge in [-0.3, -0.25) is 9.69 Å². The van der Waals surface area contributed by atoms with Gasteiger partial charge in [0.2, 0.25) is 17.6 Å². The van der Waals surface area contributed by atoms with Gasteiger partial charge in [-0.25, -0.2) is 4.39 Å². The highest BCUT2D eigenvalue weighted by molar-refractivity contribution is 6.31. The first-order chi connectivity index (χ1) is 14.5. The zero-order chi connectivity index (χ0) is 21.1. The number of amides is 1. The number of carbonyl (C=O) groups is 1. The molecule has 3 aromatic rings. The maximum atomic E-state index is 13.1. The third kappa shape index (κ3) is 4.86. The SMILES string of the molecule is Cc1ccc(Cl)cc1NC(=O)C1CCCN(Cc2nc(-c3ccc(F)cc3)no2)C1. The molecule has 1 fully saturated rings. The van der Waals surface area contributed by atoms with Crippen LogP contribution in [0.4, 0.5) is 10.1 Å². The van der Waals surface area contributed by atoms with Gasteiger partial charge < -0.3 is 9.84 Å². The Morgan fingerprint density at radius 3 is 2.90 bits per heavy atom. The number of benzene rings is 2. The minimum Gasteiger partial charge on any atom is -0.338 e. The summed E-state index contributed by atoms with van der Waals surface area (Å²) in [6.07, 6.45) is 1.73. The number of aromatic nitrogens is 2. The van der Waals surface area contributed by atoms with E-state index in [0.29, 0.717) is 35.4 Å². The number of hydrogen-bond donors (Lipinski definition) is 1. The average molecular weight is 429 g/mol. The van der Waals surface area contributed by atoms with E-state index in [0.717, 1.165) is 30.6 Å². The van der Waals surface area contributed by atoms with Gasteiger partial charge in [0.1, 0.15) is 5.82 Å². The molecule has 1 aliphatic heterocycles. The number of carbonyl (C=O) groups excluding carboxylic acids is 1. The Morgan fingerprint density at radius 2 is 2.10 bits per heavy atom. The van der Waals surface area contributed by atoms with Crippen molar-refractivity contribution >= 4 is 23.2 Å². The zero-order valence-electron chi connectivity index (χ0n) is 16.6. The monoisotopic (exact) mass is 428 g/mol. The number of aryl methyl sites for hydroxylation is 1. The van der Waals surface area contributed by atoms with Crippen LogP contribution in [0.25, 0.3) is 11.4 Å². The van der Waals surface area contributed by atoms with Crippen molar-refractivity contribution in [2.45, 2.75) is 26.3 Å². The van der Waals surface area contributed by atoms with Crippen molar-refractivity contribution in [1.29, 1.82) is 0 Å². The van der Waals surface area contributed by atoms with Crippen LogP contribution in [0.15, 0.2) is 47.0 Å². The van der Waals surface area contributed by atoms with Crippen LogP contribution in [0.5, 0.6) is 0 Å². The Kier molecular flexibility index (Phi) is 6.11. The van der Waals surface area contributed by atoms with Crippen molar-refractivity contribution in [2.24, 2.45) is 5.92 Å². The smallest absolute Gasteiger partial charge is 0.241 e. The fraction of sp³-hybridized carbons (Fsp3) is 0.318. The maximum Gasteiger partial charge on any atom is 0.241 e. The Hall–Kier alpha value is -2.77. The summed E-state index contributed by atoms with van der Waals surface area (Å²) in [6, 6.07) is 11.4. The first-order valence-electron chi connectivity index (χ1n) is 9.86. The van der Waals surface area contributed by atoms with Crippen LogP contribution in [0.2, 0.25) is 5.02 Å². The highest BCUT2D eigenvalue weighted by atomic mass is 35.5. The molecule has 6 nitrogen and oxygen atoms in total. The van der Waals surface area contributed by atoms with Crippen LogP contribution in [0.1, 0.15) is 24.3 Å². The van der Waals surface area contributed by atoms with Crippen molar-refractivity contribution in [3.05, 3.63) is 64.8 Å². The third-order valence-electron chi connectivity index (χ3n) is 5.26. The quantitative estimate of drug-likeness (QED) is 0.638. The van der Waals surface area contributed by atoms with Crippen molar-refractivity contribution in [3.8, 4) is 11.4 Å². The summed E-state index contributed by atoms with van der Waals surface area (Å²) in [5.74, 6) is 0.445. The van der Waals surface area contributed by atoms with Crippen LogP contribution in [-0.2, 0) is 11.3 Å². The van der Waals surface area contributed by atoms with E-state index in [9.17, 15) is 9.18 Å². The Balaban J connectivity index is 1.38. The van der Waals surface area contributed by atoms with Crippen LogP contribution in [0.3, 0.4) is 0 Å². The second-order valence-corrected chi connectivity index (χ2v) is 7.98. The van der Waals surface area contributed by atoms with Gasteiger partial charge in [0.25, 0.3) is 0 Å². The molecule has 1 amide bonds. The number of nitrogens with one attached hydrogen (secondary N) is 1. The summed E-state index contributed by atoms with van der Waals surface area (Å²) >= 11 is 6.05. The summed E-state index contributed by atoms with van der Waals surface area (Å²) in [6.45, 7) is 3.87. The fourth-order valence-electron chi connectivity index (χ4n) is 3.60. The number of likely N-dealkylation sites (tertiary alicyclic amines) is 1. The van der Waals surface area contributed by atoms with E-state index in [2.05, 4.69) is 20.4 Å². The minimum atomic E-state index is -0.312. The zero-order valence-corrected chi connectivity index (χ0v) is 17.3. The molecule has 0 radical (unpaired) electrons. The van der Waals surface area contributed by atoms with E-state index in [4.69, 9.17) is 16.1 Å². The topological polar surface area (TPSA) is 71.3 Å². The summed E-state index contributed by atoms with van der Waals surface area (Å²) in [5.41, 5.74) is 2.41. The molecule has 4 rings (SSSR count). The molecular formula is C22H22ClFN4O2. The lowest BCUT2D eigenvalue weighted by atomic mass is 9.97. The third-order valence-corrected chi connectivity index (χ3v) is 5.50. The second-order valence-electron chi connectivity index (χ2n) is 7.54. The van der Waals surface area contributed by atoms with Gasteiger partial charge in [0, 0.05) is 22.8 Å². The molecule has 1 N–H and O–H groups in total. The molecule has 2 aromatic carbocycles. The number of hydrogen-bond acceptors (Lipinski definition) is 5. The van der Waals surface area contributed by atoms with E-state index < -0.39 is 0 Å². The maximum absolute atomic E-state index is 13.1. The summed E-state index contributed by atoms with van der Waals surface area (Å²) in [4.78, 5) is 19.3. The van der Waals surface area contributed by atoms with Gasteiger partial charge in [0.15, 0.2) is 0 Å². The van der Waals surface area contributed by atoms with Gasteiger partial charge in [0.05, 0.1) is 12.5 Å². The molecule has 8 heteroatoms. The molecule has 156 valence electrons. The molecule has 1 aliphatic rings. The molecular weight excluding hydrogens is 407 g/mol. The Morgan fingerprint density at radius 1 is 1.30 bits per heavy atom. The second kappa shape index (κ2) is 8.93. The standard InChI is InChI=1S/C22H22ClFN4O2/c1-14-4-7-17(23)11-19(14)25-22(29)16-3-2-10-28(12-16)13-20-26-21(27-30-20)15-5-8-18(24)9-6-15/h4-9,11,16H,2-3,10,12-13H2,1H3,(H,25,29). The highest BCUT2D eigenvalue weighted by Crippen LogP contribution is 2.24. The first kappa shape index (κ1) is 20.5. The van der Waals surface area contributed by atoms with Crippen LogP contribution < -0.4 is 5.32 Å². The summed E-state index contributed by atoms with van der Waals surface area (Å²) in [5, 5.41) is 7.58. The summed E-state index contributed by atoms with van der Waals surface area (Å²) < 4.78 is 18.4. The lowest BCUT2D eigenvalue weighted by molar-refractivity contribution is -0.121. The van der Waals surface area contributed by atoms with E-state index in [1.165, 1.54) is 12.1 Å². The van der Waals surface area contributed by atoms with E-state index >= 15 is 0 Å². The first-order valence-corrected chi connectivity index (χ1v) is 10.2. The van der Waals surface area contributed by atoms with Crippen LogP contribution in [-0.4, -0.2) is 34.0 Å². The average Bonchev–Trinajstić information content (AvgIpc) is 3.20. The fourth-order valence-corrected chi connectivity index (χ4v) is 3.78. The highest BCUT2D eigenvalue weighted by Gasteiger charge is 2.27. The Bertz CT molecular complexity index is 1040. The molecule has 0 spiro atoms. The van der Waals surface area contributed by atoms with Gasteiger partial charge >= 0.3 is 0 Å².